The van der Waals surface area contributed by atoms with Gasteiger partial charge >= 0.3 is 0 Å². The van der Waals surface area contributed by atoms with E-state index in [2.05, 4.69) is 6.58 Å². The number of aldehydes is 1. The second-order valence-electron chi connectivity index (χ2n) is 9.48. The molecule has 6 nitrogen and oxygen atoms in total. The number of rotatable bonds is 14. The Morgan fingerprint density at radius 2 is 1.37 bits per heavy atom. The van der Waals surface area contributed by atoms with Gasteiger partial charge in [-0.15, -0.1) is 6.58 Å². The Hall–Kier alpha value is -3.93. The molecule has 0 saturated heterocycles. The van der Waals surface area contributed by atoms with Crippen LogP contribution in [0.25, 0.3) is 0 Å². The molecule has 0 heterocycles. The van der Waals surface area contributed by atoms with Gasteiger partial charge in [0.2, 0.25) is 0 Å². The average Bonchev–Trinajstić information content (AvgIpc) is 2.90. The van der Waals surface area contributed by atoms with Crippen LogP contribution in [0, 0.1) is 0 Å². The Morgan fingerprint density at radius 3 is 1.92 bits per heavy atom. The summed E-state index contributed by atoms with van der Waals surface area (Å²) in [6.07, 6.45) is 2.58. The molecule has 0 aliphatic heterocycles. The third kappa shape index (κ3) is 7.09. The van der Waals surface area contributed by atoms with Gasteiger partial charge in [-0.2, -0.15) is 0 Å². The minimum absolute atomic E-state index is 0.0558. The number of allylic oxidation sites excluding steroid dienone is 1. The molecule has 202 valence electrons. The fourth-order valence-electron chi connectivity index (χ4n) is 4.27. The molecule has 0 spiro atoms. The van der Waals surface area contributed by atoms with Crippen LogP contribution in [0.5, 0.6) is 28.7 Å². The van der Waals surface area contributed by atoms with Crippen molar-refractivity contribution >= 4 is 6.29 Å². The summed E-state index contributed by atoms with van der Waals surface area (Å²) in [4.78, 5) is 12.6. The first-order valence-corrected chi connectivity index (χ1v) is 12.8. The van der Waals surface area contributed by atoms with E-state index in [1.807, 2.05) is 88.4 Å². The minimum atomic E-state index is -0.562. The van der Waals surface area contributed by atoms with Crippen LogP contribution in [0.3, 0.4) is 0 Å². The summed E-state index contributed by atoms with van der Waals surface area (Å²) in [6.45, 7) is 12.2. The smallest absolute Gasteiger partial charge is 0.165 e. The first-order valence-electron chi connectivity index (χ1n) is 12.8. The molecule has 3 rings (SSSR count). The molecular formula is C32H38O6. The second-order valence-corrected chi connectivity index (χ2v) is 9.48. The number of hydrogen-bond acceptors (Lipinski definition) is 6. The van der Waals surface area contributed by atoms with E-state index in [0.29, 0.717) is 35.4 Å². The van der Waals surface area contributed by atoms with Gasteiger partial charge in [-0.1, -0.05) is 42.5 Å². The summed E-state index contributed by atoms with van der Waals surface area (Å²) in [5.74, 6) is 1.91. The van der Waals surface area contributed by atoms with Crippen molar-refractivity contribution in [1.82, 2.24) is 0 Å². The molecule has 0 aliphatic rings. The number of methoxy groups -OCH3 is 2. The Labute approximate surface area is 226 Å². The highest BCUT2D eigenvalue weighted by molar-refractivity contribution is 5.68. The molecule has 38 heavy (non-hydrogen) atoms. The van der Waals surface area contributed by atoms with E-state index in [9.17, 15) is 4.79 Å². The standard InChI is InChI=1S/C32H38O6/c1-8-25(27(19-33)24-14-15-28(34-6)31(16-24)37-21(2)3)26-17-30(35-7)32(38-22(4)5)18-29(26)36-20-23-12-10-9-11-13-23/h8-19,21-22,25,27H,1,20H2,2-7H3/t25-,27-/m1/s1. The summed E-state index contributed by atoms with van der Waals surface area (Å²) in [5, 5.41) is 0. The second kappa shape index (κ2) is 13.6. The van der Waals surface area contributed by atoms with Gasteiger partial charge in [-0.05, 0) is 57.0 Å². The maximum Gasteiger partial charge on any atom is 0.165 e. The van der Waals surface area contributed by atoms with Crippen LogP contribution in [0.1, 0.15) is 56.2 Å². The van der Waals surface area contributed by atoms with Crippen LogP contribution in [0.2, 0.25) is 0 Å². The van der Waals surface area contributed by atoms with Crippen LogP contribution in [0.15, 0.2) is 73.3 Å². The van der Waals surface area contributed by atoms with Crippen molar-refractivity contribution in [3.05, 3.63) is 90.0 Å². The van der Waals surface area contributed by atoms with E-state index in [4.69, 9.17) is 23.7 Å². The summed E-state index contributed by atoms with van der Waals surface area (Å²) in [5.41, 5.74) is 2.56. The van der Waals surface area contributed by atoms with Crippen molar-refractivity contribution in [2.45, 2.75) is 58.3 Å². The highest BCUT2D eigenvalue weighted by Crippen LogP contribution is 2.45. The van der Waals surface area contributed by atoms with E-state index in [0.717, 1.165) is 23.0 Å². The van der Waals surface area contributed by atoms with Crippen LogP contribution >= 0.6 is 0 Å². The lowest BCUT2D eigenvalue weighted by atomic mass is 9.81. The molecule has 2 atom stereocenters. The number of carbonyl (C=O) groups excluding carboxylic acids is 1. The first-order chi connectivity index (χ1) is 18.3. The van der Waals surface area contributed by atoms with E-state index in [1.165, 1.54) is 0 Å². The molecule has 0 aliphatic carbocycles. The van der Waals surface area contributed by atoms with Crippen LogP contribution in [0.4, 0.5) is 0 Å². The minimum Gasteiger partial charge on any atom is -0.493 e. The van der Waals surface area contributed by atoms with Crippen molar-refractivity contribution in [1.29, 1.82) is 0 Å². The van der Waals surface area contributed by atoms with Gasteiger partial charge in [-0.3, -0.25) is 0 Å². The molecule has 0 N–H and O–H groups in total. The molecule has 0 aromatic heterocycles. The van der Waals surface area contributed by atoms with Crippen molar-refractivity contribution < 1.29 is 28.5 Å². The van der Waals surface area contributed by atoms with Crippen molar-refractivity contribution in [3.8, 4) is 28.7 Å². The monoisotopic (exact) mass is 518 g/mol. The van der Waals surface area contributed by atoms with Gasteiger partial charge in [0.15, 0.2) is 23.0 Å². The zero-order valence-corrected chi connectivity index (χ0v) is 23.1. The van der Waals surface area contributed by atoms with Crippen molar-refractivity contribution in [2.75, 3.05) is 14.2 Å². The molecule has 0 amide bonds. The molecule has 3 aromatic rings. The number of ether oxygens (including phenoxy) is 5. The highest BCUT2D eigenvalue weighted by atomic mass is 16.5. The average molecular weight is 519 g/mol. The quantitative estimate of drug-likeness (QED) is 0.167. The first kappa shape index (κ1) is 28.6. The summed E-state index contributed by atoms with van der Waals surface area (Å²) in [7, 11) is 3.19. The molecule has 0 radical (unpaired) electrons. The molecule has 0 bridgehead atoms. The highest BCUT2D eigenvalue weighted by Gasteiger charge is 2.28. The normalized spacial score (nSPS) is 12.5. The Bertz CT molecular complexity index is 1200. The maximum atomic E-state index is 12.6. The maximum absolute atomic E-state index is 12.6. The van der Waals surface area contributed by atoms with Crippen LogP contribution in [-0.4, -0.2) is 32.7 Å². The Kier molecular flexibility index (Phi) is 10.2. The predicted octanol–water partition coefficient (Wildman–Crippen LogP) is 7.11. The van der Waals surface area contributed by atoms with E-state index >= 15 is 0 Å². The SMILES string of the molecule is C=C[C@H](c1cc(OC)c(OC(C)C)cc1OCc1ccccc1)[C@H](C=O)c1ccc(OC)c(OC(C)C)c1. The van der Waals surface area contributed by atoms with E-state index in [-0.39, 0.29) is 12.2 Å². The van der Waals surface area contributed by atoms with E-state index < -0.39 is 11.8 Å². The van der Waals surface area contributed by atoms with Gasteiger partial charge in [0, 0.05) is 17.5 Å². The number of hydrogen-bond donors (Lipinski definition) is 0. The summed E-state index contributed by atoms with van der Waals surface area (Å²) >= 11 is 0. The van der Waals surface area contributed by atoms with Gasteiger partial charge in [-0.25, -0.2) is 0 Å². The van der Waals surface area contributed by atoms with Gasteiger partial charge in [0.05, 0.1) is 32.3 Å². The summed E-state index contributed by atoms with van der Waals surface area (Å²) in [6, 6.07) is 19.1. The fraction of sp³-hybridized carbons (Fsp3) is 0.344. The van der Waals surface area contributed by atoms with Gasteiger partial charge in [0.25, 0.3) is 0 Å². The Balaban J connectivity index is 2.10. The zero-order valence-electron chi connectivity index (χ0n) is 23.1. The van der Waals surface area contributed by atoms with Gasteiger partial charge in [0.1, 0.15) is 18.6 Å². The molecule has 0 unspecified atom stereocenters. The van der Waals surface area contributed by atoms with Crippen LogP contribution in [-0.2, 0) is 11.4 Å². The molecule has 0 fully saturated rings. The molecule has 3 aromatic carbocycles. The number of carbonyl (C=O) groups is 1. The predicted molar refractivity (Wildman–Crippen MR) is 150 cm³/mol. The molecular weight excluding hydrogens is 480 g/mol. The molecule has 0 saturated carbocycles. The third-order valence-corrected chi connectivity index (χ3v) is 5.98. The lowest BCUT2D eigenvalue weighted by molar-refractivity contribution is -0.109. The third-order valence-electron chi connectivity index (χ3n) is 5.98. The van der Waals surface area contributed by atoms with Crippen molar-refractivity contribution in [3.63, 3.8) is 0 Å². The van der Waals surface area contributed by atoms with E-state index in [1.54, 1.807) is 20.3 Å². The lowest BCUT2D eigenvalue weighted by Crippen LogP contribution is -2.14. The van der Waals surface area contributed by atoms with Crippen molar-refractivity contribution in [2.24, 2.45) is 0 Å². The zero-order chi connectivity index (χ0) is 27.7. The van der Waals surface area contributed by atoms with Gasteiger partial charge < -0.3 is 28.5 Å². The fourth-order valence-corrected chi connectivity index (χ4v) is 4.27. The largest absolute Gasteiger partial charge is 0.493 e. The topological polar surface area (TPSA) is 63.2 Å². The molecule has 6 heteroatoms. The summed E-state index contributed by atoms with van der Waals surface area (Å²) < 4.78 is 29.4. The number of benzene rings is 3. The lowest BCUT2D eigenvalue weighted by Gasteiger charge is -2.26. The Morgan fingerprint density at radius 1 is 0.737 bits per heavy atom. The van der Waals surface area contributed by atoms with Crippen LogP contribution < -0.4 is 23.7 Å².